The highest BCUT2D eigenvalue weighted by molar-refractivity contribution is 6.30. The van der Waals surface area contributed by atoms with Crippen molar-refractivity contribution >= 4 is 11.6 Å². The number of rotatable bonds is 4. The van der Waals surface area contributed by atoms with Crippen LogP contribution in [-0.2, 0) is 6.42 Å². The van der Waals surface area contributed by atoms with E-state index < -0.39 is 11.2 Å². The number of aliphatic hydroxyl groups is 2. The third kappa shape index (κ3) is 3.48. The minimum atomic E-state index is -1.10. The average Bonchev–Trinajstić information content (AvgIpc) is 2.15. The van der Waals surface area contributed by atoms with E-state index >= 15 is 0 Å². The highest BCUT2D eigenvalue weighted by atomic mass is 35.5. The van der Waals surface area contributed by atoms with E-state index in [4.69, 9.17) is 11.6 Å². The SMILES string of the molecule is CC(C)(O)C(C)(O)CCc1ccc(Cl)cc1. The van der Waals surface area contributed by atoms with E-state index in [1.54, 1.807) is 20.8 Å². The van der Waals surface area contributed by atoms with Crippen LogP contribution < -0.4 is 0 Å². The molecule has 0 aromatic heterocycles. The largest absolute Gasteiger partial charge is 0.387 e. The van der Waals surface area contributed by atoms with Crippen molar-refractivity contribution in [2.45, 2.75) is 44.8 Å². The van der Waals surface area contributed by atoms with Gasteiger partial charge < -0.3 is 10.2 Å². The number of halogens is 1. The van der Waals surface area contributed by atoms with Crippen LogP contribution in [0, 0.1) is 0 Å². The fraction of sp³-hybridized carbons (Fsp3) is 0.538. The maximum absolute atomic E-state index is 10.1. The van der Waals surface area contributed by atoms with Crippen molar-refractivity contribution in [3.8, 4) is 0 Å². The quantitative estimate of drug-likeness (QED) is 0.853. The van der Waals surface area contributed by atoms with Crippen LogP contribution in [0.1, 0.15) is 32.8 Å². The third-order valence-corrected chi connectivity index (χ3v) is 3.38. The Morgan fingerprint density at radius 2 is 1.56 bits per heavy atom. The Kier molecular flexibility index (Phi) is 4.00. The lowest BCUT2D eigenvalue weighted by atomic mass is 9.83. The molecule has 0 aliphatic rings. The van der Waals surface area contributed by atoms with E-state index in [1.807, 2.05) is 24.3 Å². The topological polar surface area (TPSA) is 40.5 Å². The second-order valence-corrected chi connectivity index (χ2v) is 5.40. The minimum Gasteiger partial charge on any atom is -0.387 e. The van der Waals surface area contributed by atoms with Crippen LogP contribution in [0.25, 0.3) is 0 Å². The zero-order valence-electron chi connectivity index (χ0n) is 10.00. The van der Waals surface area contributed by atoms with Crippen LogP contribution in [0.15, 0.2) is 24.3 Å². The van der Waals surface area contributed by atoms with E-state index in [-0.39, 0.29) is 0 Å². The summed E-state index contributed by atoms with van der Waals surface area (Å²) in [6, 6.07) is 7.52. The molecular weight excluding hydrogens is 224 g/mol. The molecule has 1 aromatic carbocycles. The molecule has 0 aliphatic heterocycles. The molecule has 1 rings (SSSR count). The molecule has 16 heavy (non-hydrogen) atoms. The number of aryl methyl sites for hydroxylation is 1. The Hall–Kier alpha value is -0.570. The molecular formula is C13H19ClO2. The molecule has 0 bridgehead atoms. The number of hydrogen-bond donors (Lipinski definition) is 2. The summed E-state index contributed by atoms with van der Waals surface area (Å²) >= 11 is 5.78. The molecule has 0 heterocycles. The van der Waals surface area contributed by atoms with Gasteiger partial charge in [-0.2, -0.15) is 0 Å². The first kappa shape index (κ1) is 13.5. The van der Waals surface area contributed by atoms with Crippen molar-refractivity contribution in [3.63, 3.8) is 0 Å². The molecule has 0 fully saturated rings. The van der Waals surface area contributed by atoms with Crippen molar-refractivity contribution < 1.29 is 10.2 Å². The predicted octanol–water partition coefficient (Wildman–Crippen LogP) is 2.79. The van der Waals surface area contributed by atoms with E-state index in [9.17, 15) is 10.2 Å². The lowest BCUT2D eigenvalue weighted by molar-refractivity contribution is -0.123. The van der Waals surface area contributed by atoms with Crippen molar-refractivity contribution in [2.75, 3.05) is 0 Å². The molecule has 1 atom stereocenters. The highest BCUT2D eigenvalue weighted by Crippen LogP contribution is 2.26. The molecule has 1 aromatic rings. The average molecular weight is 243 g/mol. The summed E-state index contributed by atoms with van der Waals surface area (Å²) in [5, 5.41) is 20.6. The standard InChI is InChI=1S/C13H19ClO2/c1-12(2,15)13(3,16)9-8-10-4-6-11(14)7-5-10/h4-7,15-16H,8-9H2,1-3H3. The molecule has 1 unspecified atom stereocenters. The zero-order valence-corrected chi connectivity index (χ0v) is 10.8. The van der Waals surface area contributed by atoms with Gasteiger partial charge in [-0.25, -0.2) is 0 Å². The summed E-state index contributed by atoms with van der Waals surface area (Å²) in [6.45, 7) is 4.90. The molecule has 90 valence electrons. The Balaban J connectivity index is 2.61. The molecule has 2 N–H and O–H groups in total. The van der Waals surface area contributed by atoms with E-state index in [0.29, 0.717) is 17.9 Å². The molecule has 0 radical (unpaired) electrons. The molecule has 0 spiro atoms. The van der Waals surface area contributed by atoms with E-state index in [2.05, 4.69) is 0 Å². The Bertz CT molecular complexity index is 336. The van der Waals surface area contributed by atoms with Gasteiger partial charge in [-0.05, 0) is 51.3 Å². The second kappa shape index (κ2) is 4.74. The van der Waals surface area contributed by atoms with Gasteiger partial charge in [0.05, 0.1) is 11.2 Å². The second-order valence-electron chi connectivity index (χ2n) is 4.96. The maximum atomic E-state index is 10.1. The van der Waals surface area contributed by atoms with Crippen molar-refractivity contribution in [1.29, 1.82) is 0 Å². The summed E-state index contributed by atoms with van der Waals surface area (Å²) in [5.41, 5.74) is -1.08. The van der Waals surface area contributed by atoms with Gasteiger partial charge in [-0.1, -0.05) is 23.7 Å². The van der Waals surface area contributed by atoms with Gasteiger partial charge in [0.1, 0.15) is 0 Å². The summed E-state index contributed by atoms with van der Waals surface area (Å²) in [6.07, 6.45) is 1.23. The van der Waals surface area contributed by atoms with Gasteiger partial charge in [0.2, 0.25) is 0 Å². The number of benzene rings is 1. The lowest BCUT2D eigenvalue weighted by Gasteiger charge is -2.35. The monoisotopic (exact) mass is 242 g/mol. The molecule has 3 heteroatoms. The third-order valence-electron chi connectivity index (χ3n) is 3.13. The van der Waals surface area contributed by atoms with Crippen molar-refractivity contribution in [1.82, 2.24) is 0 Å². The van der Waals surface area contributed by atoms with Crippen LogP contribution in [-0.4, -0.2) is 21.4 Å². The van der Waals surface area contributed by atoms with E-state index in [1.165, 1.54) is 0 Å². The van der Waals surface area contributed by atoms with Crippen LogP contribution in [0.4, 0.5) is 0 Å². The van der Waals surface area contributed by atoms with E-state index in [0.717, 1.165) is 5.56 Å². The van der Waals surface area contributed by atoms with Gasteiger partial charge in [0.25, 0.3) is 0 Å². The van der Waals surface area contributed by atoms with Crippen LogP contribution in [0.3, 0.4) is 0 Å². The fourth-order valence-electron chi connectivity index (χ4n) is 1.34. The predicted molar refractivity (Wildman–Crippen MR) is 66.7 cm³/mol. The molecule has 0 aliphatic carbocycles. The first-order chi connectivity index (χ1) is 7.22. The Labute approximate surface area is 102 Å². The zero-order chi connectivity index (χ0) is 12.4. The summed E-state index contributed by atoms with van der Waals surface area (Å²) in [7, 11) is 0. The molecule has 0 saturated carbocycles. The summed E-state index contributed by atoms with van der Waals surface area (Å²) in [4.78, 5) is 0. The van der Waals surface area contributed by atoms with Gasteiger partial charge in [-0.15, -0.1) is 0 Å². The lowest BCUT2D eigenvalue weighted by Crippen LogP contribution is -2.47. The van der Waals surface area contributed by atoms with Gasteiger partial charge in [-0.3, -0.25) is 0 Å². The van der Waals surface area contributed by atoms with Crippen LogP contribution in [0.5, 0.6) is 0 Å². The number of hydrogen-bond acceptors (Lipinski definition) is 2. The molecule has 0 saturated heterocycles. The van der Waals surface area contributed by atoms with Gasteiger partial charge >= 0.3 is 0 Å². The maximum Gasteiger partial charge on any atom is 0.0903 e. The van der Waals surface area contributed by atoms with Gasteiger partial charge in [0.15, 0.2) is 0 Å². The van der Waals surface area contributed by atoms with Crippen molar-refractivity contribution in [2.24, 2.45) is 0 Å². The van der Waals surface area contributed by atoms with Crippen molar-refractivity contribution in [3.05, 3.63) is 34.9 Å². The Morgan fingerprint density at radius 3 is 2.00 bits per heavy atom. The minimum absolute atomic E-state index is 0.512. The van der Waals surface area contributed by atoms with Crippen LogP contribution in [0.2, 0.25) is 5.02 Å². The molecule has 0 amide bonds. The summed E-state index contributed by atoms with van der Waals surface area (Å²) < 4.78 is 0. The highest BCUT2D eigenvalue weighted by Gasteiger charge is 2.36. The first-order valence-electron chi connectivity index (χ1n) is 5.41. The first-order valence-corrected chi connectivity index (χ1v) is 5.79. The Morgan fingerprint density at radius 1 is 1.06 bits per heavy atom. The smallest absolute Gasteiger partial charge is 0.0903 e. The van der Waals surface area contributed by atoms with Gasteiger partial charge in [0, 0.05) is 5.02 Å². The fourth-order valence-corrected chi connectivity index (χ4v) is 1.47. The molecule has 2 nitrogen and oxygen atoms in total. The van der Waals surface area contributed by atoms with Crippen LogP contribution >= 0.6 is 11.6 Å². The normalized spacial score (nSPS) is 15.9. The summed E-state index contributed by atoms with van der Waals surface area (Å²) in [5.74, 6) is 0.